The number of nitrogens with one attached hydrogen (secondary N) is 2. The molecule has 0 saturated carbocycles. The Morgan fingerprint density at radius 2 is 2.04 bits per heavy atom. The van der Waals surface area contributed by atoms with Gasteiger partial charge in [-0.15, -0.1) is 0 Å². The molecule has 0 aromatic heterocycles. The summed E-state index contributed by atoms with van der Waals surface area (Å²) < 4.78 is 11.5. The number of hydrazone groups is 1. The summed E-state index contributed by atoms with van der Waals surface area (Å²) in [6, 6.07) is 13.1. The van der Waals surface area contributed by atoms with Crippen molar-refractivity contribution in [2.75, 3.05) is 25.6 Å². The highest BCUT2D eigenvalue weighted by Crippen LogP contribution is 2.32. The van der Waals surface area contributed by atoms with Crippen LogP contribution in [0.15, 0.2) is 52.0 Å². The van der Waals surface area contributed by atoms with E-state index >= 15 is 0 Å². The van der Waals surface area contributed by atoms with Crippen LogP contribution in [0.4, 0.5) is 5.69 Å². The van der Waals surface area contributed by atoms with Crippen molar-refractivity contribution in [3.05, 3.63) is 52.5 Å². The monoisotopic (exact) mass is 423 g/mol. The molecule has 8 heteroatoms. The number of aliphatic hydroxyl groups excluding tert-OH is 1. The number of para-hydroxylation sites is 1. The standard InChI is InChI=1S/C17H18BrN3O3S/c1-23-15-9-12(14(18)10-16(15)24-8-7-22)11-19-21-17(25)20-13-5-3-2-4-6-13/h2-6,9-11,22H,7-8H2,1H3,(H2,20,21,25). The van der Waals surface area contributed by atoms with Crippen LogP contribution < -0.4 is 20.2 Å². The highest BCUT2D eigenvalue weighted by Gasteiger charge is 2.09. The maximum Gasteiger partial charge on any atom is 0.191 e. The van der Waals surface area contributed by atoms with Crippen LogP contribution in [0.2, 0.25) is 0 Å². The van der Waals surface area contributed by atoms with Crippen LogP contribution in [-0.2, 0) is 0 Å². The van der Waals surface area contributed by atoms with Gasteiger partial charge in [0.2, 0.25) is 0 Å². The second kappa shape index (κ2) is 9.97. The molecular formula is C17H18BrN3O3S. The normalized spacial score (nSPS) is 10.5. The van der Waals surface area contributed by atoms with Crippen LogP contribution in [0.1, 0.15) is 5.56 Å². The smallest absolute Gasteiger partial charge is 0.191 e. The minimum atomic E-state index is -0.0697. The Labute approximate surface area is 160 Å². The summed E-state index contributed by atoms with van der Waals surface area (Å²) in [6.07, 6.45) is 1.61. The number of methoxy groups -OCH3 is 1. The van der Waals surface area contributed by atoms with E-state index in [1.54, 1.807) is 25.5 Å². The number of halogens is 1. The summed E-state index contributed by atoms with van der Waals surface area (Å²) in [5, 5.41) is 16.4. The second-order valence-electron chi connectivity index (χ2n) is 4.79. The van der Waals surface area contributed by atoms with Crippen molar-refractivity contribution in [1.82, 2.24) is 5.43 Å². The number of thiocarbonyl (C=S) groups is 1. The van der Waals surface area contributed by atoms with Gasteiger partial charge in [0.15, 0.2) is 16.6 Å². The molecule has 0 spiro atoms. The highest BCUT2D eigenvalue weighted by molar-refractivity contribution is 9.10. The zero-order valence-corrected chi connectivity index (χ0v) is 15.9. The lowest BCUT2D eigenvalue weighted by Crippen LogP contribution is -2.23. The minimum absolute atomic E-state index is 0.0697. The molecule has 0 saturated heterocycles. The van der Waals surface area contributed by atoms with Crippen LogP contribution >= 0.6 is 28.1 Å². The van der Waals surface area contributed by atoms with E-state index < -0.39 is 0 Å². The molecule has 0 unspecified atom stereocenters. The molecule has 25 heavy (non-hydrogen) atoms. The lowest BCUT2D eigenvalue weighted by molar-refractivity contribution is 0.196. The van der Waals surface area contributed by atoms with E-state index in [1.165, 1.54) is 0 Å². The molecule has 0 aliphatic heterocycles. The predicted octanol–water partition coefficient (Wildman–Crippen LogP) is 3.15. The number of anilines is 1. The first kappa shape index (κ1) is 19.2. The van der Waals surface area contributed by atoms with Gasteiger partial charge in [-0.05, 0) is 52.4 Å². The Balaban J connectivity index is 2.01. The van der Waals surface area contributed by atoms with Gasteiger partial charge in [-0.2, -0.15) is 5.10 Å². The van der Waals surface area contributed by atoms with E-state index in [0.29, 0.717) is 16.6 Å². The van der Waals surface area contributed by atoms with Gasteiger partial charge in [0.05, 0.1) is 19.9 Å². The molecule has 0 aliphatic carbocycles. The van der Waals surface area contributed by atoms with Crippen LogP contribution in [0.3, 0.4) is 0 Å². The van der Waals surface area contributed by atoms with Crippen LogP contribution in [-0.4, -0.2) is 36.8 Å². The number of aliphatic hydroxyl groups is 1. The molecule has 0 amide bonds. The molecule has 2 rings (SSSR count). The zero-order valence-electron chi connectivity index (χ0n) is 13.5. The van der Waals surface area contributed by atoms with Crippen LogP contribution in [0.5, 0.6) is 11.5 Å². The molecule has 2 aromatic carbocycles. The van der Waals surface area contributed by atoms with Gasteiger partial charge in [0, 0.05) is 15.7 Å². The van der Waals surface area contributed by atoms with Crippen LogP contribution in [0.25, 0.3) is 0 Å². The maximum absolute atomic E-state index is 8.86. The summed E-state index contributed by atoms with van der Waals surface area (Å²) in [4.78, 5) is 0. The third-order valence-electron chi connectivity index (χ3n) is 3.03. The van der Waals surface area contributed by atoms with Gasteiger partial charge in [-0.3, -0.25) is 5.43 Å². The Morgan fingerprint density at radius 3 is 2.72 bits per heavy atom. The van der Waals surface area contributed by atoms with Crippen molar-refractivity contribution in [3.63, 3.8) is 0 Å². The van der Waals surface area contributed by atoms with Gasteiger partial charge >= 0.3 is 0 Å². The molecule has 0 atom stereocenters. The number of ether oxygens (including phenoxy) is 2. The average molecular weight is 424 g/mol. The number of nitrogens with zero attached hydrogens (tertiary/aromatic N) is 1. The van der Waals surface area contributed by atoms with Gasteiger partial charge < -0.3 is 19.9 Å². The van der Waals surface area contributed by atoms with E-state index in [1.807, 2.05) is 30.3 Å². The van der Waals surface area contributed by atoms with E-state index in [-0.39, 0.29) is 13.2 Å². The largest absolute Gasteiger partial charge is 0.493 e. The van der Waals surface area contributed by atoms with Gasteiger partial charge in [-0.25, -0.2) is 0 Å². The average Bonchev–Trinajstić information content (AvgIpc) is 2.62. The van der Waals surface area contributed by atoms with Crippen LogP contribution in [0, 0.1) is 0 Å². The van der Waals surface area contributed by atoms with Gasteiger partial charge in [-0.1, -0.05) is 18.2 Å². The molecule has 0 aliphatic rings. The molecule has 3 N–H and O–H groups in total. The molecular weight excluding hydrogens is 406 g/mol. The maximum atomic E-state index is 8.86. The van der Waals surface area contributed by atoms with Gasteiger partial charge in [0.25, 0.3) is 0 Å². The molecule has 0 heterocycles. The summed E-state index contributed by atoms with van der Waals surface area (Å²) >= 11 is 8.64. The van der Waals surface area contributed by atoms with E-state index in [9.17, 15) is 0 Å². The Kier molecular flexibility index (Phi) is 7.65. The lowest BCUT2D eigenvalue weighted by Gasteiger charge is -2.12. The first-order valence-corrected chi connectivity index (χ1v) is 8.60. The summed E-state index contributed by atoms with van der Waals surface area (Å²) in [6.45, 7) is 0.122. The Bertz CT molecular complexity index is 741. The number of rotatable bonds is 7. The van der Waals surface area contributed by atoms with Gasteiger partial charge in [0.1, 0.15) is 6.61 Å². The summed E-state index contributed by atoms with van der Waals surface area (Å²) in [7, 11) is 1.55. The number of hydrogen-bond donors (Lipinski definition) is 3. The molecule has 2 aromatic rings. The molecule has 132 valence electrons. The third-order valence-corrected chi connectivity index (χ3v) is 3.91. The molecule has 6 nitrogen and oxygen atoms in total. The lowest BCUT2D eigenvalue weighted by atomic mass is 10.2. The first-order valence-electron chi connectivity index (χ1n) is 7.40. The van der Waals surface area contributed by atoms with Crippen molar-refractivity contribution < 1.29 is 14.6 Å². The zero-order chi connectivity index (χ0) is 18.1. The predicted molar refractivity (Wildman–Crippen MR) is 107 cm³/mol. The molecule has 0 radical (unpaired) electrons. The molecule has 0 bridgehead atoms. The van der Waals surface area contributed by atoms with Crippen molar-refractivity contribution in [3.8, 4) is 11.5 Å². The third kappa shape index (κ3) is 6.00. The fraction of sp³-hybridized carbons (Fsp3) is 0.176. The fourth-order valence-corrected chi connectivity index (χ4v) is 2.51. The van der Waals surface area contributed by atoms with Crippen molar-refractivity contribution in [1.29, 1.82) is 0 Å². The second-order valence-corrected chi connectivity index (χ2v) is 6.05. The number of benzene rings is 2. The highest BCUT2D eigenvalue weighted by atomic mass is 79.9. The Morgan fingerprint density at radius 1 is 1.28 bits per heavy atom. The molecule has 0 fully saturated rings. The topological polar surface area (TPSA) is 75.1 Å². The van der Waals surface area contributed by atoms with E-state index in [0.717, 1.165) is 15.7 Å². The minimum Gasteiger partial charge on any atom is -0.493 e. The van der Waals surface area contributed by atoms with E-state index in [4.69, 9.17) is 26.8 Å². The van der Waals surface area contributed by atoms with Crippen molar-refractivity contribution in [2.45, 2.75) is 0 Å². The van der Waals surface area contributed by atoms with E-state index in [2.05, 4.69) is 31.8 Å². The summed E-state index contributed by atoms with van der Waals surface area (Å²) in [5.41, 5.74) is 4.42. The first-order chi connectivity index (χ1) is 12.1. The van der Waals surface area contributed by atoms with Crippen molar-refractivity contribution >= 4 is 45.2 Å². The fourth-order valence-electron chi connectivity index (χ4n) is 1.92. The SMILES string of the molecule is COc1cc(C=NNC(=S)Nc2ccccc2)c(Br)cc1OCCO. The Hall–Kier alpha value is -2.16. The summed E-state index contributed by atoms with van der Waals surface area (Å²) in [5.74, 6) is 1.08. The number of hydrogen-bond acceptors (Lipinski definition) is 5. The van der Waals surface area contributed by atoms with Crippen molar-refractivity contribution in [2.24, 2.45) is 5.10 Å². The quantitative estimate of drug-likeness (QED) is 0.360.